The first kappa shape index (κ1) is 54.1. The summed E-state index contributed by atoms with van der Waals surface area (Å²) in [5, 5.41) is 0. The second-order valence-electron chi connectivity index (χ2n) is 15.6. The Labute approximate surface area is 351 Å². The number of unbranched alkanes of at least 4 members (excludes halogenated alkanes) is 21. The molecule has 0 bridgehead atoms. The van der Waals surface area contributed by atoms with E-state index in [0.717, 1.165) is 116 Å². The van der Waals surface area contributed by atoms with E-state index >= 15 is 0 Å². The van der Waals surface area contributed by atoms with Crippen molar-refractivity contribution in [2.24, 2.45) is 0 Å². The van der Waals surface area contributed by atoms with Crippen LogP contribution in [0.3, 0.4) is 0 Å². The first-order valence-corrected chi connectivity index (χ1v) is 23.8. The Morgan fingerprint density at radius 1 is 0.368 bits per heavy atom. The summed E-state index contributed by atoms with van der Waals surface area (Å²) in [5.74, 6) is -0.910. The molecule has 0 fully saturated rings. The molecule has 0 saturated carbocycles. The van der Waals surface area contributed by atoms with E-state index in [2.05, 4.69) is 81.5 Å². The van der Waals surface area contributed by atoms with Crippen LogP contribution < -0.4 is 0 Å². The molecule has 1 unspecified atom stereocenters. The normalized spacial score (nSPS) is 12.5. The molecule has 0 aliphatic heterocycles. The minimum Gasteiger partial charge on any atom is -0.462 e. The summed E-state index contributed by atoms with van der Waals surface area (Å²) in [6.45, 7) is 6.42. The number of hydrogen-bond donors (Lipinski definition) is 0. The highest BCUT2D eigenvalue weighted by molar-refractivity contribution is 5.71. The summed E-state index contributed by atoms with van der Waals surface area (Å²) in [6, 6.07) is 0. The van der Waals surface area contributed by atoms with Crippen LogP contribution in [0.15, 0.2) is 60.8 Å². The second kappa shape index (κ2) is 45.8. The number of hydrogen-bond acceptors (Lipinski definition) is 6. The van der Waals surface area contributed by atoms with Crippen molar-refractivity contribution in [1.29, 1.82) is 0 Å². The van der Waals surface area contributed by atoms with Gasteiger partial charge in [-0.2, -0.15) is 0 Å². The number of ether oxygens (including phenoxy) is 3. The minimum absolute atomic E-state index is 0.0824. The molecule has 0 N–H and O–H groups in total. The molecular weight excluding hydrogens is 709 g/mol. The third-order valence-corrected chi connectivity index (χ3v) is 9.99. The zero-order valence-electron chi connectivity index (χ0n) is 37.3. The molecule has 0 rings (SSSR count). The van der Waals surface area contributed by atoms with Gasteiger partial charge >= 0.3 is 17.9 Å². The maximum atomic E-state index is 12.7. The van der Waals surface area contributed by atoms with Crippen LogP contribution >= 0.6 is 0 Å². The van der Waals surface area contributed by atoms with Gasteiger partial charge in [-0.1, -0.05) is 191 Å². The second-order valence-corrected chi connectivity index (χ2v) is 15.6. The molecule has 6 heteroatoms. The van der Waals surface area contributed by atoms with Gasteiger partial charge in [-0.3, -0.25) is 14.4 Å². The van der Waals surface area contributed by atoms with Crippen LogP contribution in [-0.2, 0) is 28.6 Å². The van der Waals surface area contributed by atoms with E-state index in [9.17, 15) is 14.4 Å². The van der Waals surface area contributed by atoms with Gasteiger partial charge in [0.15, 0.2) is 6.10 Å². The molecule has 6 nitrogen and oxygen atoms in total. The molecule has 0 amide bonds. The van der Waals surface area contributed by atoms with Gasteiger partial charge in [-0.15, -0.1) is 0 Å². The zero-order chi connectivity index (χ0) is 41.5. The summed E-state index contributed by atoms with van der Waals surface area (Å²) in [7, 11) is 0. The molecule has 328 valence electrons. The van der Waals surface area contributed by atoms with Crippen molar-refractivity contribution in [2.45, 2.75) is 232 Å². The predicted octanol–water partition coefficient (Wildman–Crippen LogP) is 15.3. The maximum absolute atomic E-state index is 12.7. The molecule has 0 radical (unpaired) electrons. The first-order valence-electron chi connectivity index (χ1n) is 23.8. The Morgan fingerprint density at radius 3 is 1.14 bits per heavy atom. The van der Waals surface area contributed by atoms with Crippen LogP contribution in [0, 0.1) is 0 Å². The fourth-order valence-electron chi connectivity index (χ4n) is 6.43. The fraction of sp³-hybridized carbons (Fsp3) is 0.745. The smallest absolute Gasteiger partial charge is 0.306 e. The third kappa shape index (κ3) is 44.1. The molecule has 0 aliphatic carbocycles. The predicted molar refractivity (Wildman–Crippen MR) is 242 cm³/mol. The van der Waals surface area contributed by atoms with Crippen LogP contribution in [-0.4, -0.2) is 37.2 Å². The standard InChI is InChI=1S/C51H88O6/c1-4-7-10-13-16-19-21-23-24-25-26-28-29-32-35-38-41-44-50(53)56-47-48(46-55-49(52)43-40-37-34-31-18-15-12-9-6-3)57-51(54)45-42-39-36-33-30-27-22-20-17-14-11-8-5-2/h7,10-11,14,16,19-20,22-24,48H,4-6,8-9,12-13,15,17-18,21,25-47H2,1-3H3/b10-7-,14-11-,19-16-,22-20-,24-23-. The molecule has 0 spiro atoms. The van der Waals surface area contributed by atoms with E-state index < -0.39 is 6.10 Å². The van der Waals surface area contributed by atoms with Gasteiger partial charge < -0.3 is 14.2 Å². The Morgan fingerprint density at radius 2 is 0.719 bits per heavy atom. The molecular formula is C51H88O6. The Balaban J connectivity index is 4.36. The highest BCUT2D eigenvalue weighted by Gasteiger charge is 2.19. The van der Waals surface area contributed by atoms with E-state index in [4.69, 9.17) is 14.2 Å². The van der Waals surface area contributed by atoms with Crippen LogP contribution in [0.25, 0.3) is 0 Å². The van der Waals surface area contributed by atoms with Gasteiger partial charge in [0.2, 0.25) is 0 Å². The van der Waals surface area contributed by atoms with Gasteiger partial charge in [-0.25, -0.2) is 0 Å². The van der Waals surface area contributed by atoms with Crippen molar-refractivity contribution in [1.82, 2.24) is 0 Å². The summed E-state index contributed by atoms with van der Waals surface area (Å²) < 4.78 is 16.7. The SMILES string of the molecule is CC/C=C\C/C=C\C/C=C\CCCCCCCCCC(=O)OCC(COC(=O)CCCCCCCCCCC)OC(=O)CCCCCCC/C=C\C/C=C\CCC. The number of carbonyl (C=O) groups excluding carboxylic acids is 3. The van der Waals surface area contributed by atoms with Gasteiger partial charge in [-0.05, 0) is 77.0 Å². The van der Waals surface area contributed by atoms with E-state index in [1.807, 2.05) is 0 Å². The van der Waals surface area contributed by atoms with Crippen LogP contribution in [0.5, 0.6) is 0 Å². The molecule has 0 aromatic heterocycles. The monoisotopic (exact) mass is 797 g/mol. The van der Waals surface area contributed by atoms with Gasteiger partial charge in [0.25, 0.3) is 0 Å². The molecule has 57 heavy (non-hydrogen) atoms. The maximum Gasteiger partial charge on any atom is 0.306 e. The molecule has 1 atom stereocenters. The molecule has 0 saturated heterocycles. The van der Waals surface area contributed by atoms with E-state index in [1.54, 1.807) is 0 Å². The highest BCUT2D eigenvalue weighted by atomic mass is 16.6. The Hall–Kier alpha value is -2.89. The van der Waals surface area contributed by atoms with E-state index in [-0.39, 0.29) is 31.1 Å². The van der Waals surface area contributed by atoms with E-state index in [1.165, 1.54) is 70.6 Å². The molecule has 0 aliphatic rings. The lowest BCUT2D eigenvalue weighted by Crippen LogP contribution is -2.30. The Kier molecular flexibility index (Phi) is 43.5. The topological polar surface area (TPSA) is 78.9 Å². The number of esters is 3. The average Bonchev–Trinajstić information content (AvgIpc) is 3.21. The lowest BCUT2D eigenvalue weighted by Gasteiger charge is -2.18. The van der Waals surface area contributed by atoms with Gasteiger partial charge in [0.1, 0.15) is 13.2 Å². The van der Waals surface area contributed by atoms with Gasteiger partial charge in [0, 0.05) is 19.3 Å². The van der Waals surface area contributed by atoms with Crippen LogP contribution in [0.4, 0.5) is 0 Å². The van der Waals surface area contributed by atoms with Crippen molar-refractivity contribution < 1.29 is 28.6 Å². The highest BCUT2D eigenvalue weighted by Crippen LogP contribution is 2.14. The number of rotatable bonds is 42. The third-order valence-electron chi connectivity index (χ3n) is 9.99. The largest absolute Gasteiger partial charge is 0.462 e. The van der Waals surface area contributed by atoms with Crippen molar-refractivity contribution in [3.05, 3.63) is 60.8 Å². The zero-order valence-corrected chi connectivity index (χ0v) is 37.3. The van der Waals surface area contributed by atoms with Crippen molar-refractivity contribution >= 4 is 17.9 Å². The van der Waals surface area contributed by atoms with Crippen molar-refractivity contribution in [3.8, 4) is 0 Å². The lowest BCUT2D eigenvalue weighted by atomic mass is 10.1. The molecule has 0 heterocycles. The summed E-state index contributed by atoms with van der Waals surface area (Å²) >= 11 is 0. The average molecular weight is 797 g/mol. The van der Waals surface area contributed by atoms with Crippen molar-refractivity contribution in [3.63, 3.8) is 0 Å². The molecule has 0 aromatic rings. The number of allylic oxidation sites excluding steroid dienone is 10. The summed E-state index contributed by atoms with van der Waals surface area (Å²) in [5.41, 5.74) is 0. The quantitative estimate of drug-likeness (QED) is 0.0265. The summed E-state index contributed by atoms with van der Waals surface area (Å²) in [4.78, 5) is 37.8. The van der Waals surface area contributed by atoms with E-state index in [0.29, 0.717) is 19.3 Å². The Bertz CT molecular complexity index is 1050. The molecule has 0 aromatic carbocycles. The summed E-state index contributed by atoms with van der Waals surface area (Å²) in [6.07, 6.45) is 54.9. The van der Waals surface area contributed by atoms with Gasteiger partial charge in [0.05, 0.1) is 0 Å². The first-order chi connectivity index (χ1) is 28.0. The van der Waals surface area contributed by atoms with Crippen LogP contribution in [0.1, 0.15) is 226 Å². The van der Waals surface area contributed by atoms with Crippen molar-refractivity contribution in [2.75, 3.05) is 13.2 Å². The number of carbonyl (C=O) groups is 3. The lowest BCUT2D eigenvalue weighted by molar-refractivity contribution is -0.167. The fourth-order valence-corrected chi connectivity index (χ4v) is 6.43. The minimum atomic E-state index is -0.781. The van der Waals surface area contributed by atoms with Crippen LogP contribution in [0.2, 0.25) is 0 Å².